The van der Waals surface area contributed by atoms with Crippen LogP contribution in [0.3, 0.4) is 0 Å². The van der Waals surface area contributed by atoms with E-state index in [-0.39, 0.29) is 11.8 Å². The third-order valence-electron chi connectivity index (χ3n) is 5.33. The van der Waals surface area contributed by atoms with E-state index in [4.69, 9.17) is 21.3 Å². The minimum atomic E-state index is 0.0765. The van der Waals surface area contributed by atoms with Gasteiger partial charge in [0.25, 0.3) is 0 Å². The van der Waals surface area contributed by atoms with E-state index in [1.165, 1.54) is 0 Å². The van der Waals surface area contributed by atoms with Crippen molar-refractivity contribution < 1.29 is 9.53 Å². The minimum Gasteiger partial charge on any atom is -0.492 e. The predicted octanol–water partition coefficient (Wildman–Crippen LogP) is 4.58. The molecule has 2 aromatic carbocycles. The zero-order valence-electron chi connectivity index (χ0n) is 16.5. The molecule has 1 aromatic heterocycles. The summed E-state index contributed by atoms with van der Waals surface area (Å²) in [6, 6.07) is 13.7. The van der Waals surface area contributed by atoms with Crippen molar-refractivity contribution in [3.63, 3.8) is 0 Å². The van der Waals surface area contributed by atoms with E-state index in [2.05, 4.69) is 17.2 Å². The van der Waals surface area contributed by atoms with Gasteiger partial charge in [-0.3, -0.25) is 4.79 Å². The Morgan fingerprint density at radius 3 is 2.93 bits per heavy atom. The maximum absolute atomic E-state index is 12.3. The Kier molecular flexibility index (Phi) is 5.58. The number of hydrogen-bond acceptors (Lipinski definition) is 3. The van der Waals surface area contributed by atoms with Gasteiger partial charge in [-0.2, -0.15) is 0 Å². The number of rotatable bonds is 7. The van der Waals surface area contributed by atoms with Gasteiger partial charge in [-0.05, 0) is 42.8 Å². The number of amides is 1. The first-order valence-electron chi connectivity index (χ1n) is 9.79. The van der Waals surface area contributed by atoms with Crippen molar-refractivity contribution in [2.45, 2.75) is 25.8 Å². The Balaban J connectivity index is 1.56. The van der Waals surface area contributed by atoms with Crippen LogP contribution in [0.5, 0.6) is 5.75 Å². The van der Waals surface area contributed by atoms with Crippen LogP contribution in [-0.2, 0) is 11.3 Å². The lowest BCUT2D eigenvalue weighted by molar-refractivity contribution is -0.127. The molecule has 3 aromatic rings. The summed E-state index contributed by atoms with van der Waals surface area (Å²) in [4.78, 5) is 19.0. The normalized spacial score (nSPS) is 16.6. The summed E-state index contributed by atoms with van der Waals surface area (Å²) < 4.78 is 8.15. The van der Waals surface area contributed by atoms with Crippen molar-refractivity contribution in [1.29, 1.82) is 0 Å². The number of carbonyl (C=O) groups is 1. The fraction of sp³-hybridized carbons (Fsp3) is 0.304. The lowest BCUT2D eigenvalue weighted by atomic mass is 10.1. The van der Waals surface area contributed by atoms with E-state index >= 15 is 0 Å². The molecule has 1 fully saturated rings. The van der Waals surface area contributed by atoms with Crippen molar-refractivity contribution in [2.75, 3.05) is 19.7 Å². The van der Waals surface area contributed by atoms with Gasteiger partial charge in [0, 0.05) is 30.5 Å². The largest absolute Gasteiger partial charge is 0.492 e. The zero-order chi connectivity index (χ0) is 20.4. The topological polar surface area (TPSA) is 47.4 Å². The molecule has 0 N–H and O–H groups in total. The van der Waals surface area contributed by atoms with Crippen LogP contribution in [0.25, 0.3) is 11.0 Å². The Morgan fingerprint density at radius 1 is 1.31 bits per heavy atom. The van der Waals surface area contributed by atoms with Gasteiger partial charge in [0.1, 0.15) is 18.2 Å². The molecule has 1 saturated heterocycles. The minimum absolute atomic E-state index is 0.0765. The fourth-order valence-electron chi connectivity index (χ4n) is 3.88. The number of ether oxygens (including phenoxy) is 1. The zero-order valence-corrected chi connectivity index (χ0v) is 17.2. The van der Waals surface area contributed by atoms with Crippen molar-refractivity contribution in [2.24, 2.45) is 0 Å². The number of carbonyl (C=O) groups excluding carboxylic acids is 1. The van der Waals surface area contributed by atoms with Crippen LogP contribution in [0.2, 0.25) is 5.02 Å². The maximum atomic E-state index is 12.3. The molecule has 0 radical (unpaired) electrons. The predicted molar refractivity (Wildman–Crippen MR) is 116 cm³/mol. The summed E-state index contributed by atoms with van der Waals surface area (Å²) >= 11 is 6.10. The third kappa shape index (κ3) is 4.01. The molecule has 0 aliphatic carbocycles. The lowest BCUT2D eigenvalue weighted by Crippen LogP contribution is -2.25. The smallest absolute Gasteiger partial charge is 0.223 e. The molecule has 1 amide bonds. The van der Waals surface area contributed by atoms with Gasteiger partial charge in [-0.15, -0.1) is 6.58 Å². The number of para-hydroxylation sites is 2. The molecule has 0 unspecified atom stereocenters. The first kappa shape index (κ1) is 19.5. The average Bonchev–Trinajstić information content (AvgIpc) is 3.26. The summed E-state index contributed by atoms with van der Waals surface area (Å²) in [6.45, 7) is 8.12. The van der Waals surface area contributed by atoms with Crippen molar-refractivity contribution >= 4 is 28.5 Å². The van der Waals surface area contributed by atoms with Gasteiger partial charge in [0.2, 0.25) is 5.91 Å². The number of benzene rings is 2. The monoisotopic (exact) mass is 409 g/mol. The molecular weight excluding hydrogens is 386 g/mol. The van der Waals surface area contributed by atoms with Gasteiger partial charge in [-0.1, -0.05) is 29.8 Å². The van der Waals surface area contributed by atoms with E-state index in [9.17, 15) is 4.79 Å². The summed E-state index contributed by atoms with van der Waals surface area (Å²) in [5.74, 6) is 1.97. The SMILES string of the molecule is C=CCN1C[C@@H](c2nc3ccccc3n2CCOc2ccc(Cl)c(C)c2)CC1=O. The van der Waals surface area contributed by atoms with E-state index in [0.717, 1.165) is 33.2 Å². The molecule has 1 aliphatic rings. The molecule has 1 aliphatic heterocycles. The van der Waals surface area contributed by atoms with Crippen LogP contribution in [0.4, 0.5) is 0 Å². The van der Waals surface area contributed by atoms with Crippen LogP contribution in [0.1, 0.15) is 23.7 Å². The van der Waals surface area contributed by atoms with Crippen LogP contribution in [0, 0.1) is 6.92 Å². The van der Waals surface area contributed by atoms with Crippen molar-refractivity contribution in [3.05, 3.63) is 71.5 Å². The van der Waals surface area contributed by atoms with E-state index in [1.807, 2.05) is 48.2 Å². The van der Waals surface area contributed by atoms with Gasteiger partial charge < -0.3 is 14.2 Å². The van der Waals surface area contributed by atoms with Crippen LogP contribution in [-0.4, -0.2) is 40.1 Å². The highest BCUT2D eigenvalue weighted by atomic mass is 35.5. The van der Waals surface area contributed by atoms with Crippen molar-refractivity contribution in [3.8, 4) is 5.75 Å². The van der Waals surface area contributed by atoms with Crippen LogP contribution >= 0.6 is 11.6 Å². The second kappa shape index (κ2) is 8.29. The number of fused-ring (bicyclic) bond motifs is 1. The van der Waals surface area contributed by atoms with E-state index in [1.54, 1.807) is 6.08 Å². The number of likely N-dealkylation sites (tertiary alicyclic amines) is 1. The molecule has 2 heterocycles. The first-order chi connectivity index (χ1) is 14.1. The van der Waals surface area contributed by atoms with E-state index in [0.29, 0.717) is 32.7 Å². The second-order valence-corrected chi connectivity index (χ2v) is 7.77. The van der Waals surface area contributed by atoms with Gasteiger partial charge >= 0.3 is 0 Å². The molecule has 150 valence electrons. The molecule has 6 heteroatoms. The van der Waals surface area contributed by atoms with E-state index < -0.39 is 0 Å². The quantitative estimate of drug-likeness (QED) is 0.536. The van der Waals surface area contributed by atoms with Gasteiger partial charge in [-0.25, -0.2) is 4.98 Å². The summed E-state index contributed by atoms with van der Waals surface area (Å²) in [6.07, 6.45) is 2.25. The number of nitrogens with zero attached hydrogens (tertiary/aromatic N) is 3. The first-order valence-corrected chi connectivity index (χ1v) is 10.2. The number of halogens is 1. The van der Waals surface area contributed by atoms with Crippen LogP contribution < -0.4 is 4.74 Å². The Bertz CT molecular complexity index is 1060. The van der Waals surface area contributed by atoms with Crippen LogP contribution in [0.15, 0.2) is 55.1 Å². The average molecular weight is 410 g/mol. The number of aryl methyl sites for hydroxylation is 1. The molecule has 1 atom stereocenters. The number of imidazole rings is 1. The highest BCUT2D eigenvalue weighted by Crippen LogP contribution is 2.30. The highest BCUT2D eigenvalue weighted by molar-refractivity contribution is 6.31. The Labute approximate surface area is 175 Å². The molecule has 4 rings (SSSR count). The molecule has 0 saturated carbocycles. The highest BCUT2D eigenvalue weighted by Gasteiger charge is 2.33. The van der Waals surface area contributed by atoms with Gasteiger partial charge in [0.15, 0.2) is 0 Å². The lowest BCUT2D eigenvalue weighted by Gasteiger charge is -2.16. The molecule has 0 spiro atoms. The molecule has 0 bridgehead atoms. The Morgan fingerprint density at radius 2 is 2.14 bits per heavy atom. The number of aromatic nitrogens is 2. The Hall–Kier alpha value is -2.79. The summed E-state index contributed by atoms with van der Waals surface area (Å²) in [5, 5.41) is 0.732. The third-order valence-corrected chi connectivity index (χ3v) is 5.75. The van der Waals surface area contributed by atoms with Crippen molar-refractivity contribution in [1.82, 2.24) is 14.5 Å². The molecule has 5 nitrogen and oxygen atoms in total. The number of hydrogen-bond donors (Lipinski definition) is 0. The van der Waals surface area contributed by atoms with Gasteiger partial charge in [0.05, 0.1) is 17.6 Å². The summed E-state index contributed by atoms with van der Waals surface area (Å²) in [5.41, 5.74) is 3.00. The second-order valence-electron chi connectivity index (χ2n) is 7.36. The fourth-order valence-corrected chi connectivity index (χ4v) is 4.00. The maximum Gasteiger partial charge on any atom is 0.223 e. The standard InChI is InChI=1S/C23H24ClN3O2/c1-3-10-26-15-17(14-22(26)28)23-25-20-6-4-5-7-21(20)27(23)11-12-29-18-8-9-19(24)16(2)13-18/h3-9,13,17H,1,10-12,14-15H2,2H3/t17-/m0/s1. The molecular formula is C23H24ClN3O2. The molecule has 29 heavy (non-hydrogen) atoms. The summed E-state index contributed by atoms with van der Waals surface area (Å²) in [7, 11) is 0.